The quantitative estimate of drug-likeness (QED) is 0.619. The number of carbonyl (C=O) groups is 2. The number of rotatable bonds is 8. The first-order valence-electron chi connectivity index (χ1n) is 7.08. The van der Waals surface area contributed by atoms with Gasteiger partial charge in [-0.1, -0.05) is 19.1 Å². The van der Waals surface area contributed by atoms with Crippen LogP contribution in [0.15, 0.2) is 24.3 Å². The maximum absolute atomic E-state index is 12.0. The Hall–Kier alpha value is -2.08. The van der Waals surface area contributed by atoms with Crippen molar-refractivity contribution in [2.24, 2.45) is 0 Å². The third-order valence-corrected chi connectivity index (χ3v) is 2.76. The van der Waals surface area contributed by atoms with E-state index in [4.69, 9.17) is 4.74 Å². The van der Waals surface area contributed by atoms with Crippen LogP contribution in [-0.2, 0) is 16.0 Å². The van der Waals surface area contributed by atoms with Crippen LogP contribution in [0.3, 0.4) is 0 Å². The van der Waals surface area contributed by atoms with Crippen molar-refractivity contribution in [3.05, 3.63) is 29.8 Å². The molecule has 0 aliphatic carbocycles. The standard InChI is InChI=1S/C15H23N3O3/c1-4-16-18-15(20)14(17-11(3)19)10-12-6-8-13(9-7-12)21-5-2/h6-9,14,16H,4-5,10H2,1-3H3,(H,17,19)(H,18,20)/t14-/m1/s1. The van der Waals surface area contributed by atoms with Crippen molar-refractivity contribution >= 4 is 11.8 Å². The number of benzene rings is 1. The van der Waals surface area contributed by atoms with Crippen LogP contribution in [0.4, 0.5) is 0 Å². The van der Waals surface area contributed by atoms with Gasteiger partial charge >= 0.3 is 0 Å². The molecule has 0 heterocycles. The summed E-state index contributed by atoms with van der Waals surface area (Å²) in [6, 6.07) is 6.87. The molecule has 0 aliphatic rings. The fraction of sp³-hybridized carbons (Fsp3) is 0.467. The summed E-state index contributed by atoms with van der Waals surface area (Å²) in [4.78, 5) is 23.2. The lowest BCUT2D eigenvalue weighted by Crippen LogP contribution is -2.51. The molecule has 1 atom stereocenters. The first-order valence-corrected chi connectivity index (χ1v) is 7.08. The second-order valence-electron chi connectivity index (χ2n) is 4.55. The molecule has 1 aromatic rings. The van der Waals surface area contributed by atoms with Gasteiger partial charge in [0.1, 0.15) is 11.8 Å². The van der Waals surface area contributed by atoms with Crippen molar-refractivity contribution in [2.75, 3.05) is 13.2 Å². The Labute approximate surface area is 125 Å². The number of hydrogen-bond acceptors (Lipinski definition) is 4. The minimum Gasteiger partial charge on any atom is -0.494 e. The van der Waals surface area contributed by atoms with Crippen molar-refractivity contribution in [3.8, 4) is 5.75 Å². The Morgan fingerprint density at radius 1 is 1.19 bits per heavy atom. The number of nitrogens with one attached hydrogen (secondary N) is 3. The Bertz CT molecular complexity index is 460. The van der Waals surface area contributed by atoms with Gasteiger partial charge < -0.3 is 10.1 Å². The summed E-state index contributed by atoms with van der Waals surface area (Å²) in [7, 11) is 0. The van der Waals surface area contributed by atoms with E-state index in [1.54, 1.807) is 0 Å². The zero-order chi connectivity index (χ0) is 15.7. The van der Waals surface area contributed by atoms with Crippen molar-refractivity contribution in [1.82, 2.24) is 16.2 Å². The Balaban J connectivity index is 2.70. The molecular formula is C15H23N3O3. The van der Waals surface area contributed by atoms with Crippen molar-refractivity contribution in [3.63, 3.8) is 0 Å². The second-order valence-corrected chi connectivity index (χ2v) is 4.55. The van der Waals surface area contributed by atoms with Gasteiger partial charge in [0.2, 0.25) is 5.91 Å². The normalized spacial score (nSPS) is 11.6. The summed E-state index contributed by atoms with van der Waals surface area (Å²) in [5.74, 6) is 0.285. The Morgan fingerprint density at radius 3 is 2.38 bits per heavy atom. The molecule has 0 aromatic heterocycles. The monoisotopic (exact) mass is 293 g/mol. The predicted molar refractivity (Wildman–Crippen MR) is 80.7 cm³/mol. The first kappa shape index (κ1) is 17.0. The molecule has 1 rings (SSSR count). The minimum atomic E-state index is -0.612. The van der Waals surface area contributed by atoms with E-state index in [0.29, 0.717) is 19.6 Å². The van der Waals surface area contributed by atoms with Gasteiger partial charge in [0.15, 0.2) is 0 Å². The number of amides is 2. The van der Waals surface area contributed by atoms with Crippen LogP contribution in [-0.4, -0.2) is 31.0 Å². The van der Waals surface area contributed by atoms with Crippen molar-refractivity contribution < 1.29 is 14.3 Å². The number of ether oxygens (including phenoxy) is 1. The fourth-order valence-electron chi connectivity index (χ4n) is 1.84. The molecular weight excluding hydrogens is 270 g/mol. The van der Waals surface area contributed by atoms with Crippen LogP contribution in [0.2, 0.25) is 0 Å². The molecule has 0 aliphatic heterocycles. The molecule has 0 saturated heterocycles. The highest BCUT2D eigenvalue weighted by Crippen LogP contribution is 2.13. The molecule has 0 saturated carbocycles. The summed E-state index contributed by atoms with van der Waals surface area (Å²) >= 11 is 0. The van der Waals surface area contributed by atoms with Crippen LogP contribution in [0.25, 0.3) is 0 Å². The molecule has 0 unspecified atom stereocenters. The summed E-state index contributed by atoms with van der Waals surface area (Å²) in [5.41, 5.74) is 6.25. The summed E-state index contributed by atoms with van der Waals surface area (Å²) < 4.78 is 5.37. The van der Waals surface area contributed by atoms with Crippen LogP contribution >= 0.6 is 0 Å². The molecule has 0 spiro atoms. The third kappa shape index (κ3) is 6.27. The van der Waals surface area contributed by atoms with E-state index in [1.165, 1.54) is 6.92 Å². The van der Waals surface area contributed by atoms with Crippen LogP contribution < -0.4 is 20.9 Å². The molecule has 6 heteroatoms. The lowest BCUT2D eigenvalue weighted by atomic mass is 10.1. The number of carbonyl (C=O) groups excluding carboxylic acids is 2. The fourth-order valence-corrected chi connectivity index (χ4v) is 1.84. The van der Waals surface area contributed by atoms with E-state index in [0.717, 1.165) is 11.3 Å². The maximum Gasteiger partial charge on any atom is 0.256 e. The van der Waals surface area contributed by atoms with E-state index in [-0.39, 0.29) is 11.8 Å². The molecule has 3 N–H and O–H groups in total. The molecule has 0 radical (unpaired) electrons. The van der Waals surface area contributed by atoms with Gasteiger partial charge in [-0.3, -0.25) is 15.0 Å². The predicted octanol–water partition coefficient (Wildman–Crippen LogP) is 0.773. The maximum atomic E-state index is 12.0. The molecule has 0 fully saturated rings. The number of hydrogen-bond donors (Lipinski definition) is 3. The van der Waals surface area contributed by atoms with E-state index in [9.17, 15) is 9.59 Å². The molecule has 0 bridgehead atoms. The van der Waals surface area contributed by atoms with E-state index in [2.05, 4.69) is 16.2 Å². The van der Waals surface area contributed by atoms with Crippen LogP contribution in [0, 0.1) is 0 Å². The lowest BCUT2D eigenvalue weighted by Gasteiger charge is -2.18. The lowest BCUT2D eigenvalue weighted by molar-refractivity contribution is -0.128. The highest BCUT2D eigenvalue weighted by atomic mass is 16.5. The highest BCUT2D eigenvalue weighted by Gasteiger charge is 2.19. The van der Waals surface area contributed by atoms with Gasteiger partial charge in [-0.05, 0) is 24.6 Å². The van der Waals surface area contributed by atoms with Crippen molar-refractivity contribution in [2.45, 2.75) is 33.2 Å². The average molecular weight is 293 g/mol. The summed E-state index contributed by atoms with van der Waals surface area (Å²) in [6.07, 6.45) is 0.420. The molecule has 2 amide bonds. The van der Waals surface area contributed by atoms with Gasteiger partial charge in [0.05, 0.1) is 6.61 Å². The van der Waals surface area contributed by atoms with Gasteiger partial charge in [-0.15, -0.1) is 0 Å². The molecule has 1 aromatic carbocycles. The van der Waals surface area contributed by atoms with Gasteiger partial charge in [0, 0.05) is 19.9 Å². The van der Waals surface area contributed by atoms with Gasteiger partial charge in [-0.25, -0.2) is 5.43 Å². The minimum absolute atomic E-state index is 0.238. The Morgan fingerprint density at radius 2 is 1.86 bits per heavy atom. The molecule has 21 heavy (non-hydrogen) atoms. The number of hydrazine groups is 1. The van der Waals surface area contributed by atoms with Gasteiger partial charge in [-0.2, -0.15) is 0 Å². The van der Waals surface area contributed by atoms with E-state index in [1.807, 2.05) is 38.1 Å². The average Bonchev–Trinajstić information content (AvgIpc) is 2.46. The van der Waals surface area contributed by atoms with Crippen LogP contribution in [0.1, 0.15) is 26.3 Å². The zero-order valence-corrected chi connectivity index (χ0v) is 12.7. The summed E-state index contributed by atoms with van der Waals surface area (Å²) in [5, 5.41) is 2.65. The van der Waals surface area contributed by atoms with Gasteiger partial charge in [0.25, 0.3) is 5.91 Å². The topological polar surface area (TPSA) is 79.5 Å². The highest BCUT2D eigenvalue weighted by molar-refractivity contribution is 5.86. The third-order valence-electron chi connectivity index (χ3n) is 2.76. The molecule has 6 nitrogen and oxygen atoms in total. The summed E-state index contributed by atoms with van der Waals surface area (Å²) in [6.45, 7) is 6.41. The van der Waals surface area contributed by atoms with E-state index < -0.39 is 6.04 Å². The second kappa shape index (κ2) is 8.97. The zero-order valence-electron chi connectivity index (χ0n) is 12.7. The SMILES string of the molecule is CCNNC(=O)[C@@H](Cc1ccc(OCC)cc1)NC(C)=O. The largest absolute Gasteiger partial charge is 0.494 e. The van der Waals surface area contributed by atoms with Crippen LogP contribution in [0.5, 0.6) is 5.75 Å². The van der Waals surface area contributed by atoms with Crippen molar-refractivity contribution in [1.29, 1.82) is 0 Å². The first-order chi connectivity index (χ1) is 10.1. The molecule has 116 valence electrons. The van der Waals surface area contributed by atoms with E-state index >= 15 is 0 Å². The Kier molecular flexibility index (Phi) is 7.25. The smallest absolute Gasteiger partial charge is 0.256 e.